The summed E-state index contributed by atoms with van der Waals surface area (Å²) in [6.07, 6.45) is -0.685. The minimum Gasteiger partial charge on any atom is -0.353 e. The number of carbonyl (C=O) groups is 2. The molecule has 1 saturated heterocycles. The first kappa shape index (κ1) is 24.5. The van der Waals surface area contributed by atoms with Crippen LogP contribution in [0.5, 0.6) is 0 Å². The molecule has 0 aliphatic carbocycles. The summed E-state index contributed by atoms with van der Waals surface area (Å²) in [5.41, 5.74) is 1.42. The Kier molecular flexibility index (Phi) is 7.23. The van der Waals surface area contributed by atoms with Crippen LogP contribution in [-0.4, -0.2) is 45.6 Å². The predicted octanol–water partition coefficient (Wildman–Crippen LogP) is 4.55. The number of carbonyl (C=O) groups excluding carboxylic acids is 2. The zero-order valence-corrected chi connectivity index (χ0v) is 19.4. The van der Waals surface area contributed by atoms with Crippen molar-refractivity contribution in [3.8, 4) is 5.69 Å². The standard InChI is InChI=1S/C26H27F3N4O2/c1-18-23(17-30-33(18)22-9-5-8-20(16-22)26(27,28)29)25(35)32-14-12-21(13-15-32)31-24(34)11-10-19-6-3-2-4-7-19/h2-9,16-17,21H,10-15H2,1H3,(H,31,34). The Labute approximate surface area is 201 Å². The zero-order chi connectivity index (χ0) is 25.0. The maximum atomic E-state index is 13.1. The molecule has 1 aliphatic rings. The van der Waals surface area contributed by atoms with Crippen molar-refractivity contribution in [2.24, 2.45) is 0 Å². The first-order chi connectivity index (χ1) is 16.7. The second-order valence-electron chi connectivity index (χ2n) is 8.72. The Balaban J connectivity index is 1.33. The SMILES string of the molecule is Cc1c(C(=O)N2CCC(NC(=O)CCc3ccccc3)CC2)cnn1-c1cccc(C(F)(F)F)c1. The summed E-state index contributed by atoms with van der Waals surface area (Å²) in [5, 5.41) is 7.23. The van der Waals surface area contributed by atoms with Crippen molar-refractivity contribution in [1.82, 2.24) is 20.0 Å². The van der Waals surface area contributed by atoms with E-state index in [-0.39, 0.29) is 23.5 Å². The third-order valence-corrected chi connectivity index (χ3v) is 6.29. The molecule has 1 fully saturated rings. The summed E-state index contributed by atoms with van der Waals surface area (Å²) >= 11 is 0. The highest BCUT2D eigenvalue weighted by molar-refractivity contribution is 5.95. The summed E-state index contributed by atoms with van der Waals surface area (Å²) in [6.45, 7) is 2.63. The van der Waals surface area contributed by atoms with E-state index in [1.165, 1.54) is 23.0 Å². The van der Waals surface area contributed by atoms with Crippen molar-refractivity contribution in [1.29, 1.82) is 0 Å². The van der Waals surface area contributed by atoms with Crippen LogP contribution in [0.1, 0.15) is 46.4 Å². The fraction of sp³-hybridized carbons (Fsp3) is 0.346. The smallest absolute Gasteiger partial charge is 0.353 e. The van der Waals surface area contributed by atoms with Gasteiger partial charge in [0.2, 0.25) is 5.91 Å². The Morgan fingerprint density at radius 1 is 1.06 bits per heavy atom. The van der Waals surface area contributed by atoms with E-state index in [2.05, 4.69) is 10.4 Å². The van der Waals surface area contributed by atoms with Gasteiger partial charge in [0.15, 0.2) is 0 Å². The largest absolute Gasteiger partial charge is 0.416 e. The van der Waals surface area contributed by atoms with Crippen molar-refractivity contribution < 1.29 is 22.8 Å². The van der Waals surface area contributed by atoms with E-state index in [1.54, 1.807) is 11.8 Å². The molecule has 2 aromatic carbocycles. The molecule has 2 heterocycles. The van der Waals surface area contributed by atoms with E-state index in [4.69, 9.17) is 0 Å². The number of nitrogens with one attached hydrogen (secondary N) is 1. The van der Waals surface area contributed by atoms with Crippen molar-refractivity contribution >= 4 is 11.8 Å². The van der Waals surface area contributed by atoms with E-state index in [1.807, 2.05) is 30.3 Å². The molecule has 0 spiro atoms. The van der Waals surface area contributed by atoms with Gasteiger partial charge >= 0.3 is 6.18 Å². The van der Waals surface area contributed by atoms with Crippen LogP contribution >= 0.6 is 0 Å². The van der Waals surface area contributed by atoms with Gasteiger partial charge in [-0.2, -0.15) is 18.3 Å². The number of hydrogen-bond donors (Lipinski definition) is 1. The molecule has 9 heteroatoms. The highest BCUT2D eigenvalue weighted by atomic mass is 19.4. The Hall–Kier alpha value is -3.62. The molecule has 4 rings (SSSR count). The van der Waals surface area contributed by atoms with E-state index < -0.39 is 11.7 Å². The third-order valence-electron chi connectivity index (χ3n) is 6.29. The van der Waals surface area contributed by atoms with Gasteiger partial charge in [0.1, 0.15) is 0 Å². The van der Waals surface area contributed by atoms with E-state index in [0.717, 1.165) is 17.7 Å². The highest BCUT2D eigenvalue weighted by Crippen LogP contribution is 2.30. The maximum Gasteiger partial charge on any atom is 0.416 e. The number of rotatable bonds is 6. The lowest BCUT2D eigenvalue weighted by Gasteiger charge is -2.32. The molecule has 0 atom stereocenters. The van der Waals surface area contributed by atoms with Gasteiger partial charge in [-0.3, -0.25) is 9.59 Å². The number of alkyl halides is 3. The minimum absolute atomic E-state index is 0.00293. The summed E-state index contributed by atoms with van der Waals surface area (Å²) in [6, 6.07) is 14.7. The fourth-order valence-corrected chi connectivity index (χ4v) is 4.29. The lowest BCUT2D eigenvalue weighted by molar-refractivity contribution is -0.137. The molecule has 1 aliphatic heterocycles. The molecular formula is C26H27F3N4O2. The average Bonchev–Trinajstić information content (AvgIpc) is 3.24. The van der Waals surface area contributed by atoms with Crippen LogP contribution < -0.4 is 5.32 Å². The van der Waals surface area contributed by atoms with Gasteiger partial charge in [0.05, 0.1) is 28.7 Å². The van der Waals surface area contributed by atoms with E-state index >= 15 is 0 Å². The number of halogens is 3. The maximum absolute atomic E-state index is 13.1. The normalized spacial score (nSPS) is 14.7. The summed E-state index contributed by atoms with van der Waals surface area (Å²) in [5.74, 6) is -0.216. The molecule has 184 valence electrons. The lowest BCUT2D eigenvalue weighted by Crippen LogP contribution is -2.46. The Bertz CT molecular complexity index is 1180. The van der Waals surface area contributed by atoms with Crippen molar-refractivity contribution in [3.05, 3.63) is 83.2 Å². The Morgan fingerprint density at radius 2 is 1.77 bits per heavy atom. The summed E-state index contributed by atoms with van der Waals surface area (Å²) in [4.78, 5) is 27.1. The first-order valence-electron chi connectivity index (χ1n) is 11.6. The molecular weight excluding hydrogens is 457 g/mol. The van der Waals surface area contributed by atoms with Crippen molar-refractivity contribution in [2.45, 2.75) is 44.8 Å². The number of benzene rings is 2. The van der Waals surface area contributed by atoms with Crippen LogP contribution in [-0.2, 0) is 17.4 Å². The summed E-state index contributed by atoms with van der Waals surface area (Å²) < 4.78 is 40.6. The molecule has 2 amide bonds. The first-order valence-corrected chi connectivity index (χ1v) is 11.6. The molecule has 1 aromatic heterocycles. The second kappa shape index (κ2) is 10.3. The minimum atomic E-state index is -4.46. The zero-order valence-electron chi connectivity index (χ0n) is 19.4. The van der Waals surface area contributed by atoms with Crippen molar-refractivity contribution in [3.63, 3.8) is 0 Å². The number of piperidine rings is 1. The van der Waals surface area contributed by atoms with Crippen LogP contribution in [0.4, 0.5) is 13.2 Å². The quantitative estimate of drug-likeness (QED) is 0.558. The molecule has 0 unspecified atom stereocenters. The van der Waals surface area contributed by atoms with Gasteiger partial charge in [0, 0.05) is 25.6 Å². The van der Waals surface area contributed by atoms with Crippen LogP contribution in [0.15, 0.2) is 60.8 Å². The Morgan fingerprint density at radius 3 is 2.46 bits per heavy atom. The number of aromatic nitrogens is 2. The van der Waals surface area contributed by atoms with Gasteiger partial charge in [-0.15, -0.1) is 0 Å². The highest BCUT2D eigenvalue weighted by Gasteiger charge is 2.31. The summed E-state index contributed by atoms with van der Waals surface area (Å²) in [7, 11) is 0. The van der Waals surface area contributed by atoms with Crippen LogP contribution in [0, 0.1) is 6.92 Å². The topological polar surface area (TPSA) is 67.2 Å². The number of likely N-dealkylation sites (tertiary alicyclic amines) is 1. The van der Waals surface area contributed by atoms with Gasteiger partial charge in [-0.05, 0) is 49.9 Å². The van der Waals surface area contributed by atoms with Gasteiger partial charge < -0.3 is 10.2 Å². The predicted molar refractivity (Wildman–Crippen MR) is 125 cm³/mol. The second-order valence-corrected chi connectivity index (χ2v) is 8.72. The van der Waals surface area contributed by atoms with Crippen LogP contribution in [0.25, 0.3) is 5.69 Å². The molecule has 0 saturated carbocycles. The van der Waals surface area contributed by atoms with Gasteiger partial charge in [-0.25, -0.2) is 4.68 Å². The molecule has 35 heavy (non-hydrogen) atoms. The molecule has 1 N–H and O–H groups in total. The number of hydrogen-bond acceptors (Lipinski definition) is 3. The van der Waals surface area contributed by atoms with Gasteiger partial charge in [0.25, 0.3) is 5.91 Å². The van der Waals surface area contributed by atoms with Crippen molar-refractivity contribution in [2.75, 3.05) is 13.1 Å². The molecule has 0 bridgehead atoms. The third kappa shape index (κ3) is 5.90. The van der Waals surface area contributed by atoms with Gasteiger partial charge in [-0.1, -0.05) is 36.4 Å². The molecule has 3 aromatic rings. The fourth-order valence-electron chi connectivity index (χ4n) is 4.29. The number of aryl methyl sites for hydroxylation is 1. The van der Waals surface area contributed by atoms with E-state index in [0.29, 0.717) is 50.0 Å². The molecule has 6 nitrogen and oxygen atoms in total. The number of amides is 2. The number of nitrogens with zero attached hydrogens (tertiary/aromatic N) is 3. The van der Waals surface area contributed by atoms with Crippen LogP contribution in [0.2, 0.25) is 0 Å². The lowest BCUT2D eigenvalue weighted by atomic mass is 10.0. The molecule has 0 radical (unpaired) electrons. The average molecular weight is 485 g/mol. The van der Waals surface area contributed by atoms with E-state index in [9.17, 15) is 22.8 Å². The van der Waals surface area contributed by atoms with Crippen LogP contribution in [0.3, 0.4) is 0 Å². The monoisotopic (exact) mass is 484 g/mol.